The molecule has 0 unspecified atom stereocenters. The molecule has 0 fully saturated rings. The van der Waals surface area contributed by atoms with Gasteiger partial charge >= 0.3 is 6.09 Å². The molecular formula is C20H36N4O5. The van der Waals surface area contributed by atoms with Crippen molar-refractivity contribution >= 4 is 23.8 Å². The molecule has 1 heterocycles. The number of nitrogens with one attached hydrogen (secondary N) is 3. The molecule has 29 heavy (non-hydrogen) atoms. The maximum atomic E-state index is 12.7. The number of hydrogen-bond donors (Lipinski definition) is 3. The minimum absolute atomic E-state index is 0.159. The predicted octanol–water partition coefficient (Wildman–Crippen LogP) is 1.75. The van der Waals surface area contributed by atoms with Gasteiger partial charge < -0.3 is 25.4 Å². The van der Waals surface area contributed by atoms with Crippen molar-refractivity contribution in [1.82, 2.24) is 16.0 Å². The van der Waals surface area contributed by atoms with Crippen LogP contribution in [-0.4, -0.2) is 60.7 Å². The number of aliphatic imine (C=N–C) groups is 1. The fourth-order valence-corrected chi connectivity index (χ4v) is 2.67. The average Bonchev–Trinajstić information content (AvgIpc) is 2.59. The summed E-state index contributed by atoms with van der Waals surface area (Å²) < 4.78 is 10.7. The van der Waals surface area contributed by atoms with Crippen molar-refractivity contribution in [2.75, 3.05) is 13.2 Å². The molecule has 0 aromatic carbocycles. The molecular weight excluding hydrogens is 376 g/mol. The van der Waals surface area contributed by atoms with Crippen LogP contribution in [0.15, 0.2) is 4.99 Å². The first-order chi connectivity index (χ1) is 13.4. The highest BCUT2D eigenvalue weighted by atomic mass is 16.6. The molecule has 0 aliphatic carbocycles. The van der Waals surface area contributed by atoms with Gasteiger partial charge in [0.05, 0.1) is 6.61 Å². The maximum absolute atomic E-state index is 12.7. The highest BCUT2D eigenvalue weighted by Gasteiger charge is 2.28. The number of carbonyl (C=O) groups is 3. The summed E-state index contributed by atoms with van der Waals surface area (Å²) in [6.45, 7) is 13.8. The van der Waals surface area contributed by atoms with Gasteiger partial charge in [-0.1, -0.05) is 13.8 Å². The van der Waals surface area contributed by atoms with Gasteiger partial charge in [-0.2, -0.15) is 0 Å². The molecule has 0 radical (unpaired) electrons. The lowest BCUT2D eigenvalue weighted by atomic mass is 10.0. The van der Waals surface area contributed by atoms with E-state index in [0.29, 0.717) is 25.5 Å². The quantitative estimate of drug-likeness (QED) is 0.561. The molecule has 3 amide bonds. The summed E-state index contributed by atoms with van der Waals surface area (Å²) in [7, 11) is 0. The van der Waals surface area contributed by atoms with Crippen LogP contribution >= 0.6 is 0 Å². The Morgan fingerprint density at radius 3 is 2.24 bits per heavy atom. The van der Waals surface area contributed by atoms with Crippen molar-refractivity contribution in [3.63, 3.8) is 0 Å². The van der Waals surface area contributed by atoms with E-state index in [1.807, 2.05) is 13.8 Å². The van der Waals surface area contributed by atoms with Crippen molar-refractivity contribution in [2.24, 2.45) is 10.9 Å². The van der Waals surface area contributed by atoms with Crippen LogP contribution in [0.2, 0.25) is 0 Å². The minimum Gasteiger partial charge on any atom is -0.479 e. The van der Waals surface area contributed by atoms with E-state index in [1.165, 1.54) is 0 Å². The standard InChI is InChI=1S/C20H36N4O5/c1-12(2)11-15(24-19(27)29-20(5,6)7)17(26)22-13(3)16(25)23-14(4)18-21-9-8-10-28-18/h12-15H,8-11H2,1-7H3,(H,22,26)(H,23,25)(H,24,27)/t13-,14-,15-/m0/s1. The monoisotopic (exact) mass is 412 g/mol. The molecule has 0 aromatic rings. The van der Waals surface area contributed by atoms with Crippen LogP contribution in [0.5, 0.6) is 0 Å². The van der Waals surface area contributed by atoms with Crippen molar-refractivity contribution < 1.29 is 23.9 Å². The summed E-state index contributed by atoms with van der Waals surface area (Å²) in [5.41, 5.74) is -0.670. The number of rotatable bonds is 8. The van der Waals surface area contributed by atoms with E-state index >= 15 is 0 Å². The Morgan fingerprint density at radius 1 is 1.07 bits per heavy atom. The fraction of sp³-hybridized carbons (Fsp3) is 0.800. The average molecular weight is 413 g/mol. The number of amides is 3. The summed E-state index contributed by atoms with van der Waals surface area (Å²) in [6, 6.07) is -1.97. The van der Waals surface area contributed by atoms with Crippen LogP contribution in [0.25, 0.3) is 0 Å². The first-order valence-electron chi connectivity index (χ1n) is 10.2. The summed E-state index contributed by atoms with van der Waals surface area (Å²) in [6.07, 6.45) is 0.607. The Labute approximate surface area is 173 Å². The molecule has 1 rings (SSSR count). The molecule has 3 atom stereocenters. The maximum Gasteiger partial charge on any atom is 0.408 e. The van der Waals surface area contributed by atoms with E-state index in [1.54, 1.807) is 34.6 Å². The molecule has 166 valence electrons. The zero-order valence-electron chi connectivity index (χ0n) is 18.6. The molecule has 9 nitrogen and oxygen atoms in total. The predicted molar refractivity (Wildman–Crippen MR) is 111 cm³/mol. The van der Waals surface area contributed by atoms with Crippen LogP contribution in [0.4, 0.5) is 4.79 Å². The van der Waals surface area contributed by atoms with Gasteiger partial charge in [-0.15, -0.1) is 0 Å². The van der Waals surface area contributed by atoms with E-state index in [0.717, 1.165) is 6.42 Å². The third-order valence-electron chi connectivity index (χ3n) is 4.02. The fourth-order valence-electron chi connectivity index (χ4n) is 2.67. The minimum atomic E-state index is -0.802. The Morgan fingerprint density at radius 2 is 1.72 bits per heavy atom. The van der Waals surface area contributed by atoms with E-state index in [-0.39, 0.29) is 17.9 Å². The molecule has 0 saturated heterocycles. The summed E-state index contributed by atoms with van der Waals surface area (Å²) in [5.74, 6) is -0.145. The van der Waals surface area contributed by atoms with E-state index in [9.17, 15) is 14.4 Å². The highest BCUT2D eigenvalue weighted by Crippen LogP contribution is 2.10. The summed E-state index contributed by atoms with van der Waals surface area (Å²) in [4.78, 5) is 41.4. The largest absolute Gasteiger partial charge is 0.479 e. The second kappa shape index (κ2) is 11.0. The van der Waals surface area contributed by atoms with E-state index in [2.05, 4.69) is 20.9 Å². The molecule has 9 heteroatoms. The third kappa shape index (κ3) is 9.62. The Kier molecular flexibility index (Phi) is 9.39. The van der Waals surface area contributed by atoms with Crippen LogP contribution in [0.1, 0.15) is 61.3 Å². The lowest BCUT2D eigenvalue weighted by molar-refractivity contribution is -0.130. The van der Waals surface area contributed by atoms with Crippen molar-refractivity contribution in [1.29, 1.82) is 0 Å². The first-order valence-corrected chi connectivity index (χ1v) is 10.2. The SMILES string of the molecule is CC(C)C[C@H](NC(=O)OC(C)(C)C)C(=O)N[C@@H](C)C(=O)N[C@@H](C)C1=NCCCO1. The third-order valence-corrected chi connectivity index (χ3v) is 4.02. The van der Waals surface area contributed by atoms with E-state index in [4.69, 9.17) is 9.47 Å². The number of ether oxygens (including phenoxy) is 2. The molecule has 0 bridgehead atoms. The Balaban J connectivity index is 2.65. The number of hydrogen-bond acceptors (Lipinski definition) is 6. The van der Waals surface area contributed by atoms with Crippen LogP contribution < -0.4 is 16.0 Å². The Bertz CT molecular complexity index is 612. The van der Waals surface area contributed by atoms with Crippen molar-refractivity contribution in [3.05, 3.63) is 0 Å². The zero-order valence-corrected chi connectivity index (χ0v) is 18.6. The second-order valence-corrected chi connectivity index (χ2v) is 8.71. The molecule has 1 aliphatic heterocycles. The lowest BCUT2D eigenvalue weighted by Crippen LogP contribution is -2.55. The Hall–Kier alpha value is -2.32. The van der Waals surface area contributed by atoms with Gasteiger partial charge in [0, 0.05) is 13.0 Å². The topological polar surface area (TPSA) is 118 Å². The summed E-state index contributed by atoms with van der Waals surface area (Å²) in [5, 5.41) is 8.04. The first kappa shape index (κ1) is 24.7. The van der Waals surface area contributed by atoms with Crippen LogP contribution in [-0.2, 0) is 19.1 Å². The lowest BCUT2D eigenvalue weighted by Gasteiger charge is -2.26. The van der Waals surface area contributed by atoms with Gasteiger partial charge in [-0.05, 0) is 47.0 Å². The summed E-state index contributed by atoms with van der Waals surface area (Å²) >= 11 is 0. The number of carbonyl (C=O) groups excluding carboxylic acids is 3. The normalized spacial score (nSPS) is 17.3. The van der Waals surface area contributed by atoms with Gasteiger partial charge in [-0.3, -0.25) is 14.6 Å². The smallest absolute Gasteiger partial charge is 0.408 e. The highest BCUT2D eigenvalue weighted by molar-refractivity contribution is 5.93. The molecule has 1 aliphatic rings. The van der Waals surface area contributed by atoms with Gasteiger partial charge in [0.2, 0.25) is 17.7 Å². The van der Waals surface area contributed by atoms with Crippen LogP contribution in [0.3, 0.4) is 0 Å². The van der Waals surface area contributed by atoms with Gasteiger partial charge in [-0.25, -0.2) is 4.79 Å². The van der Waals surface area contributed by atoms with Gasteiger partial charge in [0.1, 0.15) is 23.7 Å². The zero-order chi connectivity index (χ0) is 22.2. The van der Waals surface area contributed by atoms with Crippen molar-refractivity contribution in [3.8, 4) is 0 Å². The van der Waals surface area contributed by atoms with Crippen molar-refractivity contribution in [2.45, 2.75) is 85.0 Å². The molecule has 0 spiro atoms. The molecule has 0 aromatic heterocycles. The molecule has 3 N–H and O–H groups in total. The second-order valence-electron chi connectivity index (χ2n) is 8.71. The van der Waals surface area contributed by atoms with E-state index < -0.39 is 29.7 Å². The van der Waals surface area contributed by atoms with Gasteiger partial charge in [0.15, 0.2) is 0 Å². The number of alkyl carbamates (subject to hydrolysis) is 1. The number of nitrogens with zero attached hydrogens (tertiary/aromatic N) is 1. The molecule has 0 saturated carbocycles. The van der Waals surface area contributed by atoms with Gasteiger partial charge in [0.25, 0.3) is 0 Å². The van der Waals surface area contributed by atoms with Crippen LogP contribution in [0, 0.1) is 5.92 Å².